The van der Waals surface area contributed by atoms with Crippen molar-refractivity contribution in [2.24, 2.45) is 0 Å². The van der Waals surface area contributed by atoms with E-state index < -0.39 is 21.4 Å². The predicted molar refractivity (Wildman–Crippen MR) is 63.9 cm³/mol. The molecule has 78 valence electrons. The zero-order chi connectivity index (χ0) is 10.3. The number of nitrogens with zero attached hydrogens (tertiary/aromatic N) is 1. The van der Waals surface area contributed by atoms with Gasteiger partial charge in [-0.05, 0) is 0 Å². The Morgan fingerprint density at radius 1 is 1.15 bits per heavy atom. The standard InChI is InChI=1S/C9H20N.2CH3.In/c1-5-7-8-10(6-2)9(3)4;;;/h9H,1,5-8H2,2-4H3;2*1H3;. The minimum atomic E-state index is -0.877. The summed E-state index contributed by atoms with van der Waals surface area (Å²) in [5.41, 5.74) is 0. The van der Waals surface area contributed by atoms with E-state index in [1.807, 2.05) is 0 Å². The fourth-order valence-corrected chi connectivity index (χ4v) is 4.80. The zero-order valence-electron chi connectivity index (χ0n) is 10.1. The molecule has 0 amide bonds. The molecule has 0 aliphatic heterocycles. The van der Waals surface area contributed by atoms with Gasteiger partial charge in [-0.15, -0.1) is 0 Å². The van der Waals surface area contributed by atoms with Crippen molar-refractivity contribution in [3.63, 3.8) is 0 Å². The molecule has 0 bridgehead atoms. The first-order chi connectivity index (χ1) is 6.07. The molecule has 0 saturated carbocycles. The summed E-state index contributed by atoms with van der Waals surface area (Å²) in [6.45, 7) is 9.38. The van der Waals surface area contributed by atoms with E-state index in [2.05, 4.69) is 35.0 Å². The van der Waals surface area contributed by atoms with E-state index in [4.69, 9.17) is 0 Å². The Labute approximate surface area is 92.4 Å². The fourth-order valence-electron chi connectivity index (χ4n) is 1.65. The van der Waals surface area contributed by atoms with Crippen molar-refractivity contribution in [1.29, 1.82) is 0 Å². The van der Waals surface area contributed by atoms with Gasteiger partial charge in [0.2, 0.25) is 0 Å². The summed E-state index contributed by atoms with van der Waals surface area (Å²) >= 11 is -0.877. The maximum absolute atomic E-state index is 2.57. The summed E-state index contributed by atoms with van der Waals surface area (Å²) in [6, 6.07) is 0.729. The van der Waals surface area contributed by atoms with Crippen LogP contribution in [-0.4, -0.2) is 45.5 Å². The molecule has 0 spiro atoms. The molecule has 0 unspecified atom stereocenters. The van der Waals surface area contributed by atoms with Crippen LogP contribution in [0.4, 0.5) is 0 Å². The number of hydrogen-bond donors (Lipinski definition) is 0. The van der Waals surface area contributed by atoms with E-state index in [1.54, 1.807) is 4.18 Å². The Morgan fingerprint density at radius 3 is 2.15 bits per heavy atom. The van der Waals surface area contributed by atoms with Crippen molar-refractivity contribution in [2.75, 3.05) is 13.1 Å². The van der Waals surface area contributed by atoms with Crippen LogP contribution >= 0.6 is 0 Å². The van der Waals surface area contributed by atoms with Gasteiger partial charge >= 0.3 is 92.6 Å². The Bertz CT molecular complexity index is 113. The van der Waals surface area contributed by atoms with Crippen molar-refractivity contribution >= 4 is 21.4 Å². The van der Waals surface area contributed by atoms with E-state index in [-0.39, 0.29) is 0 Å². The normalized spacial score (nSPS) is 11.3. The van der Waals surface area contributed by atoms with Crippen molar-refractivity contribution in [3.05, 3.63) is 0 Å². The molecule has 0 aromatic rings. The Balaban J connectivity index is 3.39. The van der Waals surface area contributed by atoms with Crippen molar-refractivity contribution in [3.8, 4) is 0 Å². The first kappa shape index (κ1) is 13.8. The number of rotatable bonds is 7. The first-order valence-corrected chi connectivity index (χ1v) is 14.7. The van der Waals surface area contributed by atoms with Crippen LogP contribution in [0.2, 0.25) is 13.5 Å². The summed E-state index contributed by atoms with van der Waals surface area (Å²) in [4.78, 5) is 2.57. The maximum atomic E-state index is 2.57. The minimum absolute atomic E-state index is 0.729. The van der Waals surface area contributed by atoms with Crippen LogP contribution in [-0.2, 0) is 0 Å². The van der Waals surface area contributed by atoms with Crippen LogP contribution in [0.1, 0.15) is 33.6 Å². The molecule has 0 aliphatic carbocycles. The van der Waals surface area contributed by atoms with Crippen molar-refractivity contribution < 1.29 is 0 Å². The van der Waals surface area contributed by atoms with Gasteiger partial charge in [0.25, 0.3) is 0 Å². The molecule has 0 aromatic heterocycles. The Morgan fingerprint density at radius 2 is 1.77 bits per heavy atom. The molecule has 0 radical (unpaired) electrons. The van der Waals surface area contributed by atoms with Gasteiger partial charge in [0, 0.05) is 0 Å². The van der Waals surface area contributed by atoms with Crippen LogP contribution in [0, 0.1) is 0 Å². The predicted octanol–water partition coefficient (Wildman–Crippen LogP) is 3.25. The van der Waals surface area contributed by atoms with Gasteiger partial charge < -0.3 is 0 Å². The van der Waals surface area contributed by atoms with Gasteiger partial charge in [-0.2, -0.15) is 0 Å². The van der Waals surface area contributed by atoms with Gasteiger partial charge in [-0.25, -0.2) is 0 Å². The zero-order valence-corrected chi connectivity index (χ0v) is 13.4. The third-order valence-electron chi connectivity index (χ3n) is 2.61. The SMILES string of the molecule is CCN(CCC[CH2][In]([CH3])[CH3])C(C)C. The van der Waals surface area contributed by atoms with Crippen LogP contribution in [0.15, 0.2) is 0 Å². The van der Waals surface area contributed by atoms with Crippen LogP contribution in [0.3, 0.4) is 0 Å². The number of unbranched alkanes of at least 4 members (excludes halogenated alkanes) is 1. The molecular formula is C11H26InN. The number of hydrogen-bond acceptors (Lipinski definition) is 1. The molecule has 0 N–H and O–H groups in total. The fraction of sp³-hybridized carbons (Fsp3) is 1.00. The third kappa shape index (κ3) is 7.87. The van der Waals surface area contributed by atoms with E-state index in [0.717, 1.165) is 6.04 Å². The summed E-state index contributed by atoms with van der Waals surface area (Å²) in [5.74, 6) is 0. The average Bonchev–Trinajstić information content (AvgIpc) is 2.03. The molecule has 0 fully saturated rings. The third-order valence-corrected chi connectivity index (χ3v) is 7.07. The molecule has 0 aromatic carbocycles. The molecule has 1 nitrogen and oxygen atoms in total. The van der Waals surface area contributed by atoms with Crippen LogP contribution in [0.5, 0.6) is 0 Å². The van der Waals surface area contributed by atoms with Crippen LogP contribution in [0.25, 0.3) is 0 Å². The van der Waals surface area contributed by atoms with E-state index >= 15 is 0 Å². The van der Waals surface area contributed by atoms with Gasteiger partial charge in [0.15, 0.2) is 0 Å². The summed E-state index contributed by atoms with van der Waals surface area (Å²) in [5, 5.41) is 0. The monoisotopic (exact) mass is 287 g/mol. The Kier molecular flexibility index (Phi) is 8.69. The van der Waals surface area contributed by atoms with E-state index in [9.17, 15) is 0 Å². The molecule has 13 heavy (non-hydrogen) atoms. The average molecular weight is 287 g/mol. The summed E-state index contributed by atoms with van der Waals surface area (Å²) in [7, 11) is 0. The van der Waals surface area contributed by atoms with Crippen molar-refractivity contribution in [1.82, 2.24) is 4.90 Å². The first-order valence-electron chi connectivity index (χ1n) is 5.82. The second kappa shape index (κ2) is 8.16. The van der Waals surface area contributed by atoms with E-state index in [0.29, 0.717) is 0 Å². The van der Waals surface area contributed by atoms with Crippen LogP contribution < -0.4 is 0 Å². The second-order valence-corrected chi connectivity index (χ2v) is 14.2. The Hall–Kier alpha value is 0.830. The molecule has 0 saturated heterocycles. The molecule has 0 atom stereocenters. The van der Waals surface area contributed by atoms with Gasteiger partial charge in [0.05, 0.1) is 0 Å². The second-order valence-electron chi connectivity index (χ2n) is 4.61. The quantitative estimate of drug-likeness (QED) is 0.650. The molecular weight excluding hydrogens is 261 g/mol. The van der Waals surface area contributed by atoms with Gasteiger partial charge in [0.1, 0.15) is 0 Å². The summed E-state index contributed by atoms with van der Waals surface area (Å²) < 4.78 is 6.63. The molecule has 0 heterocycles. The van der Waals surface area contributed by atoms with Gasteiger partial charge in [-0.3, -0.25) is 0 Å². The van der Waals surface area contributed by atoms with E-state index in [1.165, 1.54) is 25.9 Å². The topological polar surface area (TPSA) is 3.24 Å². The van der Waals surface area contributed by atoms with Crippen molar-refractivity contribution in [2.45, 2.75) is 53.2 Å². The van der Waals surface area contributed by atoms with Gasteiger partial charge in [-0.1, -0.05) is 0 Å². The summed E-state index contributed by atoms with van der Waals surface area (Å²) in [6.07, 6.45) is 2.90. The molecule has 0 rings (SSSR count). The molecule has 0 aliphatic rings. The molecule has 2 heteroatoms.